The summed E-state index contributed by atoms with van der Waals surface area (Å²) in [7, 11) is 0. The summed E-state index contributed by atoms with van der Waals surface area (Å²) < 4.78 is 0. The van der Waals surface area contributed by atoms with Crippen LogP contribution >= 0.6 is 0 Å². The molecule has 0 fully saturated rings. The Bertz CT molecular complexity index is 313. The quantitative estimate of drug-likeness (QED) is 0.565. The van der Waals surface area contributed by atoms with Crippen LogP contribution < -0.4 is 0 Å². The summed E-state index contributed by atoms with van der Waals surface area (Å²) in [6.45, 7) is 0. The Kier molecular flexibility index (Phi) is 0.947. The monoisotopic (exact) mass is 133 g/mol. The van der Waals surface area contributed by atoms with Crippen LogP contribution in [0.15, 0.2) is 30.5 Å². The van der Waals surface area contributed by atoms with Crippen molar-refractivity contribution in [1.29, 1.82) is 0 Å². The van der Waals surface area contributed by atoms with E-state index in [9.17, 15) is 5.11 Å². The second-order valence-electron chi connectivity index (χ2n) is 2.22. The first-order valence-electron chi connectivity index (χ1n) is 3.13. The number of H-pyrrole nitrogens is 1. The minimum atomic E-state index is 0.340. The molecule has 0 amide bonds. The first-order chi connectivity index (χ1) is 4.88. The Hall–Kier alpha value is -1.44. The fourth-order valence-electron chi connectivity index (χ4n) is 1.06. The lowest BCUT2D eigenvalue weighted by Crippen LogP contribution is -1.76. The molecule has 2 heteroatoms. The van der Waals surface area contributed by atoms with Crippen molar-refractivity contribution in [2.75, 3.05) is 0 Å². The number of aromatic hydroxyl groups is 1. The topological polar surface area (TPSA) is 36.0 Å². The van der Waals surface area contributed by atoms with Gasteiger partial charge in [0.1, 0.15) is 5.75 Å². The van der Waals surface area contributed by atoms with Crippen molar-refractivity contribution in [1.82, 2.24) is 4.98 Å². The number of fused-ring (bicyclic) bond motifs is 1. The SMILES string of the molecule is Oc1ccc2[nH]cccc1-2. The van der Waals surface area contributed by atoms with Gasteiger partial charge < -0.3 is 10.1 Å². The van der Waals surface area contributed by atoms with Crippen molar-refractivity contribution < 1.29 is 5.11 Å². The molecule has 1 aliphatic heterocycles. The summed E-state index contributed by atoms with van der Waals surface area (Å²) in [5, 5.41) is 9.19. The van der Waals surface area contributed by atoms with Gasteiger partial charge in [-0.05, 0) is 24.3 Å². The van der Waals surface area contributed by atoms with E-state index < -0.39 is 0 Å². The summed E-state index contributed by atoms with van der Waals surface area (Å²) in [5.41, 5.74) is 1.85. The Morgan fingerprint density at radius 3 is 2.90 bits per heavy atom. The molecule has 0 atom stereocenters. The zero-order valence-corrected chi connectivity index (χ0v) is 5.33. The number of aromatic nitrogens is 1. The van der Waals surface area contributed by atoms with E-state index >= 15 is 0 Å². The van der Waals surface area contributed by atoms with Gasteiger partial charge in [-0.25, -0.2) is 0 Å². The van der Waals surface area contributed by atoms with E-state index in [0.717, 1.165) is 11.3 Å². The first-order valence-corrected chi connectivity index (χ1v) is 3.13. The van der Waals surface area contributed by atoms with Gasteiger partial charge in [-0.1, -0.05) is 0 Å². The van der Waals surface area contributed by atoms with Gasteiger partial charge in [0.2, 0.25) is 0 Å². The summed E-state index contributed by atoms with van der Waals surface area (Å²) in [6.07, 6.45) is 1.84. The molecule has 1 aliphatic carbocycles. The minimum absolute atomic E-state index is 0.340. The molecule has 2 nitrogen and oxygen atoms in total. The zero-order valence-electron chi connectivity index (χ0n) is 5.33. The first kappa shape index (κ1) is 5.35. The average Bonchev–Trinajstić information content (AvgIpc) is 2.34. The van der Waals surface area contributed by atoms with Crippen LogP contribution in [0.1, 0.15) is 0 Å². The highest BCUT2D eigenvalue weighted by Gasteiger charge is 2.05. The molecule has 10 heavy (non-hydrogen) atoms. The molecule has 0 aromatic rings. The van der Waals surface area contributed by atoms with Crippen LogP contribution in [0.2, 0.25) is 0 Å². The van der Waals surface area contributed by atoms with E-state index in [0.29, 0.717) is 5.75 Å². The van der Waals surface area contributed by atoms with Gasteiger partial charge in [0, 0.05) is 17.5 Å². The maximum absolute atomic E-state index is 9.19. The van der Waals surface area contributed by atoms with Gasteiger partial charge in [0.05, 0.1) is 0 Å². The van der Waals surface area contributed by atoms with Gasteiger partial charge in [0.25, 0.3) is 0 Å². The Labute approximate surface area is 58.5 Å². The second kappa shape index (κ2) is 1.77. The number of nitrogens with one attached hydrogen (secondary N) is 1. The molecule has 50 valence electrons. The predicted molar refractivity (Wildman–Crippen MR) is 39.1 cm³/mol. The Balaban J connectivity index is 2.78. The third-order valence-electron chi connectivity index (χ3n) is 1.57. The molecule has 0 radical (unpaired) electrons. The summed E-state index contributed by atoms with van der Waals surface area (Å²) in [5.74, 6) is 0.340. The standard InChI is InChI=1S/C8H7NO/c10-8-4-3-7-6(8)2-1-5-9-7/h1-5,9-10H. The third-order valence-corrected chi connectivity index (χ3v) is 1.57. The lowest BCUT2D eigenvalue weighted by Gasteiger charge is -1.96. The van der Waals surface area contributed by atoms with E-state index in [4.69, 9.17) is 0 Å². The number of pyridine rings is 1. The summed E-state index contributed by atoms with van der Waals surface area (Å²) >= 11 is 0. The molecule has 0 saturated carbocycles. The van der Waals surface area contributed by atoms with E-state index in [2.05, 4.69) is 4.98 Å². The highest BCUT2D eigenvalue weighted by Crippen LogP contribution is 2.30. The predicted octanol–water partition coefficient (Wildman–Crippen LogP) is 1.83. The lowest BCUT2D eigenvalue weighted by molar-refractivity contribution is 0.479. The highest BCUT2D eigenvalue weighted by molar-refractivity contribution is 5.69. The smallest absolute Gasteiger partial charge is 0.124 e. The average molecular weight is 133 g/mol. The molecule has 2 N–H and O–H groups in total. The molecule has 0 aromatic heterocycles. The van der Waals surface area contributed by atoms with E-state index in [1.807, 2.05) is 24.4 Å². The van der Waals surface area contributed by atoms with E-state index in [-0.39, 0.29) is 0 Å². The van der Waals surface area contributed by atoms with Crippen LogP contribution in [0.25, 0.3) is 11.3 Å². The molecular formula is C8H7NO. The number of rotatable bonds is 0. The van der Waals surface area contributed by atoms with Gasteiger partial charge >= 0.3 is 0 Å². The Morgan fingerprint density at radius 2 is 2.10 bits per heavy atom. The van der Waals surface area contributed by atoms with Gasteiger partial charge in [-0.15, -0.1) is 0 Å². The van der Waals surface area contributed by atoms with Crippen LogP contribution in [-0.2, 0) is 0 Å². The fourth-order valence-corrected chi connectivity index (χ4v) is 1.06. The molecule has 1 heterocycles. The van der Waals surface area contributed by atoms with Gasteiger partial charge in [-0.3, -0.25) is 0 Å². The van der Waals surface area contributed by atoms with Crippen LogP contribution in [0.4, 0.5) is 0 Å². The van der Waals surface area contributed by atoms with Crippen molar-refractivity contribution in [2.45, 2.75) is 0 Å². The Morgan fingerprint density at radius 1 is 1.20 bits per heavy atom. The maximum atomic E-state index is 9.19. The largest absolute Gasteiger partial charge is 0.507 e. The van der Waals surface area contributed by atoms with Crippen LogP contribution in [0.3, 0.4) is 0 Å². The number of hydrogen-bond donors (Lipinski definition) is 2. The minimum Gasteiger partial charge on any atom is -0.507 e. The number of aromatic amines is 1. The molecule has 0 aromatic carbocycles. The van der Waals surface area contributed by atoms with E-state index in [1.54, 1.807) is 6.07 Å². The highest BCUT2D eigenvalue weighted by atomic mass is 16.3. The number of hydrogen-bond acceptors (Lipinski definition) is 1. The third kappa shape index (κ3) is 0.589. The van der Waals surface area contributed by atoms with Crippen molar-refractivity contribution >= 4 is 0 Å². The van der Waals surface area contributed by atoms with Crippen LogP contribution in [-0.4, -0.2) is 10.1 Å². The fraction of sp³-hybridized carbons (Fsp3) is 0. The second-order valence-corrected chi connectivity index (χ2v) is 2.22. The normalized spacial score (nSPS) is 10.4. The van der Waals surface area contributed by atoms with Crippen molar-refractivity contribution in [3.05, 3.63) is 30.5 Å². The molecule has 0 unspecified atom stereocenters. The zero-order chi connectivity index (χ0) is 6.97. The maximum Gasteiger partial charge on any atom is 0.124 e. The van der Waals surface area contributed by atoms with Crippen LogP contribution in [0, 0.1) is 0 Å². The van der Waals surface area contributed by atoms with E-state index in [1.165, 1.54) is 0 Å². The summed E-state index contributed by atoms with van der Waals surface area (Å²) in [6, 6.07) is 7.27. The van der Waals surface area contributed by atoms with Crippen molar-refractivity contribution in [3.8, 4) is 17.0 Å². The van der Waals surface area contributed by atoms with Crippen molar-refractivity contribution in [2.24, 2.45) is 0 Å². The molecular weight excluding hydrogens is 126 g/mol. The molecule has 0 bridgehead atoms. The van der Waals surface area contributed by atoms with Gasteiger partial charge in [0.15, 0.2) is 0 Å². The van der Waals surface area contributed by atoms with Crippen molar-refractivity contribution in [3.63, 3.8) is 0 Å². The molecule has 2 aliphatic rings. The molecule has 2 rings (SSSR count). The summed E-state index contributed by atoms with van der Waals surface area (Å²) in [4.78, 5) is 3.01. The molecule has 0 spiro atoms. The lowest BCUT2D eigenvalue weighted by atomic mass is 10.2. The molecule has 0 saturated heterocycles. The van der Waals surface area contributed by atoms with Crippen LogP contribution in [0.5, 0.6) is 5.75 Å². The van der Waals surface area contributed by atoms with Gasteiger partial charge in [-0.2, -0.15) is 0 Å².